The molecule has 2 aromatic carbocycles. The zero-order valence-corrected chi connectivity index (χ0v) is 21.4. The number of amides is 3. The van der Waals surface area contributed by atoms with Crippen molar-refractivity contribution in [2.75, 3.05) is 17.7 Å². The SMILES string of the molecule is CC(C)NC(=O)N(C)c1ccc(Oc2ncc(C(=O)NCc3ccc4c(N)nccc4c3)cc2Cl)cc1. The summed E-state index contributed by atoms with van der Waals surface area (Å²) >= 11 is 6.35. The first-order valence-corrected chi connectivity index (χ1v) is 12.0. The first kappa shape index (κ1) is 25.7. The van der Waals surface area contributed by atoms with E-state index in [1.807, 2.05) is 38.1 Å². The molecular weight excluding hydrogens is 492 g/mol. The number of nitrogens with one attached hydrogen (secondary N) is 2. The Labute approximate surface area is 219 Å². The molecule has 190 valence electrons. The highest BCUT2D eigenvalue weighted by molar-refractivity contribution is 6.32. The fraction of sp³-hybridized carbons (Fsp3) is 0.185. The van der Waals surface area contributed by atoms with Gasteiger partial charge in [0, 0.05) is 43.1 Å². The number of hydrogen-bond acceptors (Lipinski definition) is 6. The number of fused-ring (bicyclic) bond motifs is 1. The van der Waals surface area contributed by atoms with Gasteiger partial charge in [0.15, 0.2) is 0 Å². The fourth-order valence-electron chi connectivity index (χ4n) is 3.58. The van der Waals surface area contributed by atoms with Gasteiger partial charge in [0.05, 0.1) is 5.56 Å². The van der Waals surface area contributed by atoms with Crippen LogP contribution in [0.5, 0.6) is 11.6 Å². The molecule has 0 bridgehead atoms. The van der Waals surface area contributed by atoms with Crippen LogP contribution in [0.2, 0.25) is 5.02 Å². The maximum atomic E-state index is 12.7. The molecule has 0 saturated heterocycles. The van der Waals surface area contributed by atoms with E-state index in [4.69, 9.17) is 22.1 Å². The minimum atomic E-state index is -0.317. The Morgan fingerprint density at radius 2 is 1.84 bits per heavy atom. The van der Waals surface area contributed by atoms with Crippen LogP contribution in [0.4, 0.5) is 16.3 Å². The van der Waals surface area contributed by atoms with Crippen LogP contribution >= 0.6 is 11.6 Å². The summed E-state index contributed by atoms with van der Waals surface area (Å²) in [6.07, 6.45) is 3.05. The highest BCUT2D eigenvalue weighted by atomic mass is 35.5. The molecule has 0 spiro atoms. The van der Waals surface area contributed by atoms with Crippen molar-refractivity contribution in [1.82, 2.24) is 20.6 Å². The number of nitrogen functional groups attached to an aromatic ring is 1. The average Bonchev–Trinajstić information content (AvgIpc) is 2.88. The van der Waals surface area contributed by atoms with Gasteiger partial charge in [-0.25, -0.2) is 14.8 Å². The van der Waals surface area contributed by atoms with Crippen molar-refractivity contribution in [3.05, 3.63) is 83.1 Å². The Hall–Kier alpha value is -4.37. The molecule has 4 rings (SSSR count). The number of hydrogen-bond donors (Lipinski definition) is 3. The van der Waals surface area contributed by atoms with Gasteiger partial charge in [-0.3, -0.25) is 9.69 Å². The van der Waals surface area contributed by atoms with E-state index in [-0.39, 0.29) is 28.9 Å². The van der Waals surface area contributed by atoms with Crippen LogP contribution in [-0.4, -0.2) is 35.0 Å². The largest absolute Gasteiger partial charge is 0.438 e. The smallest absolute Gasteiger partial charge is 0.321 e. The lowest BCUT2D eigenvalue weighted by Crippen LogP contribution is -2.40. The zero-order valence-electron chi connectivity index (χ0n) is 20.7. The van der Waals surface area contributed by atoms with Crippen LogP contribution in [0.25, 0.3) is 10.8 Å². The van der Waals surface area contributed by atoms with Crippen LogP contribution in [-0.2, 0) is 6.54 Å². The summed E-state index contributed by atoms with van der Waals surface area (Å²) in [4.78, 5) is 34.6. The third-order valence-corrected chi connectivity index (χ3v) is 5.81. The van der Waals surface area contributed by atoms with Crippen molar-refractivity contribution in [2.24, 2.45) is 0 Å². The summed E-state index contributed by atoms with van der Waals surface area (Å²) in [5, 5.41) is 7.70. The molecule has 0 radical (unpaired) electrons. The predicted octanol–water partition coefficient (Wildman–Crippen LogP) is 5.14. The molecule has 0 atom stereocenters. The predicted molar refractivity (Wildman–Crippen MR) is 145 cm³/mol. The Balaban J connectivity index is 1.37. The van der Waals surface area contributed by atoms with E-state index in [0.29, 0.717) is 29.4 Å². The molecule has 0 fully saturated rings. The number of aromatic nitrogens is 2. The van der Waals surface area contributed by atoms with E-state index >= 15 is 0 Å². The molecule has 9 nitrogen and oxygen atoms in total. The fourth-order valence-corrected chi connectivity index (χ4v) is 3.79. The summed E-state index contributed by atoms with van der Waals surface area (Å²) in [7, 11) is 1.68. The van der Waals surface area contributed by atoms with Gasteiger partial charge < -0.3 is 21.1 Å². The molecule has 0 saturated carbocycles. The molecule has 10 heteroatoms. The van der Waals surface area contributed by atoms with Gasteiger partial charge in [0.25, 0.3) is 5.91 Å². The van der Waals surface area contributed by atoms with Gasteiger partial charge in [-0.05, 0) is 67.3 Å². The van der Waals surface area contributed by atoms with Crippen molar-refractivity contribution < 1.29 is 14.3 Å². The quantitative estimate of drug-likeness (QED) is 0.311. The van der Waals surface area contributed by atoms with Gasteiger partial charge in [-0.2, -0.15) is 0 Å². The molecule has 4 N–H and O–H groups in total. The normalized spacial score (nSPS) is 10.8. The molecule has 0 aliphatic carbocycles. The molecule has 2 heterocycles. The molecule has 0 unspecified atom stereocenters. The number of pyridine rings is 2. The van der Waals surface area contributed by atoms with Gasteiger partial charge in [0.2, 0.25) is 5.88 Å². The molecule has 2 aromatic heterocycles. The Bertz CT molecular complexity index is 1440. The van der Waals surface area contributed by atoms with Gasteiger partial charge in [-0.15, -0.1) is 0 Å². The monoisotopic (exact) mass is 518 g/mol. The van der Waals surface area contributed by atoms with Crippen molar-refractivity contribution in [3.8, 4) is 11.6 Å². The highest BCUT2D eigenvalue weighted by Gasteiger charge is 2.14. The second-order valence-corrected chi connectivity index (χ2v) is 9.11. The number of carbonyl (C=O) groups excluding carboxylic acids is 2. The highest BCUT2D eigenvalue weighted by Crippen LogP contribution is 2.29. The zero-order chi connectivity index (χ0) is 26.5. The lowest BCUT2D eigenvalue weighted by Gasteiger charge is -2.20. The Morgan fingerprint density at radius 1 is 1.08 bits per heavy atom. The number of ether oxygens (including phenoxy) is 1. The number of carbonyl (C=O) groups is 2. The third kappa shape index (κ3) is 6.25. The van der Waals surface area contributed by atoms with Crippen LogP contribution in [0.3, 0.4) is 0 Å². The molecular formula is C27H27ClN6O3. The van der Waals surface area contributed by atoms with E-state index in [2.05, 4.69) is 20.6 Å². The minimum absolute atomic E-state index is 0.0344. The number of urea groups is 1. The first-order valence-electron chi connectivity index (χ1n) is 11.6. The lowest BCUT2D eigenvalue weighted by molar-refractivity contribution is 0.0950. The summed E-state index contributed by atoms with van der Waals surface area (Å²) in [6.45, 7) is 4.12. The standard InChI is InChI=1S/C27H27ClN6O3/c1-16(2)33-27(36)34(3)20-5-7-21(8-6-20)37-26-23(28)13-19(15-32-26)25(35)31-14-17-4-9-22-18(12-17)10-11-30-24(22)29/h4-13,15-16H,14H2,1-3H3,(H2,29,30)(H,31,35)(H,33,36). The third-order valence-electron chi connectivity index (χ3n) is 5.54. The van der Waals surface area contributed by atoms with Gasteiger partial charge in [-0.1, -0.05) is 23.7 Å². The number of nitrogens with two attached hydrogens (primary N) is 1. The van der Waals surface area contributed by atoms with E-state index in [9.17, 15) is 9.59 Å². The summed E-state index contributed by atoms with van der Waals surface area (Å²) < 4.78 is 5.77. The second-order valence-electron chi connectivity index (χ2n) is 8.70. The number of anilines is 2. The van der Waals surface area contributed by atoms with Crippen molar-refractivity contribution in [1.29, 1.82) is 0 Å². The maximum Gasteiger partial charge on any atom is 0.321 e. The van der Waals surface area contributed by atoms with Gasteiger partial charge in [0.1, 0.15) is 16.6 Å². The average molecular weight is 519 g/mol. The topological polar surface area (TPSA) is 122 Å². The Morgan fingerprint density at radius 3 is 2.54 bits per heavy atom. The first-order chi connectivity index (χ1) is 17.7. The molecule has 3 amide bonds. The van der Waals surface area contributed by atoms with Crippen LogP contribution in [0.15, 0.2) is 67.0 Å². The minimum Gasteiger partial charge on any atom is -0.438 e. The van der Waals surface area contributed by atoms with Crippen LogP contribution < -0.4 is 26.0 Å². The van der Waals surface area contributed by atoms with E-state index in [0.717, 1.165) is 16.3 Å². The van der Waals surface area contributed by atoms with Crippen molar-refractivity contribution >= 4 is 45.8 Å². The number of halogens is 1. The van der Waals surface area contributed by atoms with Crippen LogP contribution in [0.1, 0.15) is 29.8 Å². The van der Waals surface area contributed by atoms with E-state index in [1.165, 1.54) is 17.2 Å². The lowest BCUT2D eigenvalue weighted by atomic mass is 10.1. The summed E-state index contributed by atoms with van der Waals surface area (Å²) in [6, 6.07) is 15.9. The van der Waals surface area contributed by atoms with Crippen molar-refractivity contribution in [3.63, 3.8) is 0 Å². The van der Waals surface area contributed by atoms with E-state index < -0.39 is 0 Å². The molecule has 0 aliphatic heterocycles. The maximum absolute atomic E-state index is 12.7. The molecule has 37 heavy (non-hydrogen) atoms. The van der Waals surface area contributed by atoms with Gasteiger partial charge >= 0.3 is 6.03 Å². The number of rotatable bonds is 7. The molecule has 4 aromatic rings. The Kier molecular flexibility index (Phi) is 7.74. The number of benzene rings is 2. The van der Waals surface area contributed by atoms with Crippen LogP contribution in [0, 0.1) is 0 Å². The number of nitrogens with zero attached hydrogens (tertiary/aromatic N) is 3. The van der Waals surface area contributed by atoms with E-state index in [1.54, 1.807) is 37.5 Å². The van der Waals surface area contributed by atoms with Crippen molar-refractivity contribution in [2.45, 2.75) is 26.4 Å². The molecule has 0 aliphatic rings. The summed E-state index contributed by atoms with van der Waals surface area (Å²) in [5.41, 5.74) is 7.82. The summed E-state index contributed by atoms with van der Waals surface area (Å²) in [5.74, 6) is 0.800. The second kappa shape index (κ2) is 11.1.